The summed E-state index contributed by atoms with van der Waals surface area (Å²) in [6, 6.07) is 7.63. The second-order valence-corrected chi connectivity index (χ2v) is 4.17. The molecule has 0 saturated heterocycles. The van der Waals surface area contributed by atoms with Gasteiger partial charge in [0.2, 0.25) is 0 Å². The van der Waals surface area contributed by atoms with E-state index in [1.807, 2.05) is 0 Å². The Labute approximate surface area is 108 Å². The van der Waals surface area contributed by atoms with Crippen LogP contribution >= 0.6 is 23.2 Å². The van der Waals surface area contributed by atoms with Crippen LogP contribution in [0.25, 0.3) is 0 Å². The van der Waals surface area contributed by atoms with Crippen LogP contribution in [0.3, 0.4) is 0 Å². The molecule has 0 atom stereocenters. The fraction of sp³-hybridized carbons (Fsp3) is 0.0833. The number of nitrogens with zero attached hydrogens (tertiary/aromatic N) is 1. The topological polar surface area (TPSA) is 22.1 Å². The van der Waals surface area contributed by atoms with Crippen molar-refractivity contribution in [1.82, 2.24) is 4.98 Å². The fourth-order valence-electron chi connectivity index (χ4n) is 1.25. The first-order valence-electron chi connectivity index (χ1n) is 4.83. The molecule has 1 aromatic carbocycles. The Hall–Kier alpha value is -1.32. The number of ether oxygens (including phenoxy) is 1. The molecule has 0 N–H and O–H groups in total. The highest BCUT2D eigenvalue weighted by atomic mass is 35.5. The molecule has 0 saturated carbocycles. The maximum Gasteiger partial charge on any atom is 0.145 e. The lowest BCUT2D eigenvalue weighted by Crippen LogP contribution is -1.98. The minimum absolute atomic E-state index is 0.0678. The van der Waals surface area contributed by atoms with Crippen molar-refractivity contribution in [2.45, 2.75) is 6.61 Å². The molecule has 2 nitrogen and oxygen atoms in total. The van der Waals surface area contributed by atoms with Crippen molar-refractivity contribution in [2.24, 2.45) is 0 Å². The molecule has 17 heavy (non-hydrogen) atoms. The Morgan fingerprint density at radius 2 is 2.00 bits per heavy atom. The summed E-state index contributed by atoms with van der Waals surface area (Å²) in [6.45, 7) is 0.224. The smallest absolute Gasteiger partial charge is 0.145 e. The second-order valence-electron chi connectivity index (χ2n) is 3.33. The number of benzene rings is 1. The van der Waals surface area contributed by atoms with E-state index in [2.05, 4.69) is 4.98 Å². The first-order chi connectivity index (χ1) is 8.15. The number of rotatable bonds is 3. The van der Waals surface area contributed by atoms with Crippen LogP contribution in [0.1, 0.15) is 5.69 Å². The molecule has 0 radical (unpaired) electrons. The highest BCUT2D eigenvalue weighted by Crippen LogP contribution is 2.21. The van der Waals surface area contributed by atoms with Gasteiger partial charge in [-0.05, 0) is 24.3 Å². The molecular weight excluding hydrogens is 264 g/mol. The standard InChI is InChI=1S/C12H8Cl2FNO/c13-8-3-4-16-9(5-8)7-17-10-1-2-11(14)12(15)6-10/h1-6H,7H2. The number of pyridine rings is 1. The van der Waals surface area contributed by atoms with E-state index >= 15 is 0 Å². The largest absolute Gasteiger partial charge is 0.487 e. The zero-order valence-electron chi connectivity index (χ0n) is 8.66. The maximum atomic E-state index is 13.1. The van der Waals surface area contributed by atoms with Gasteiger partial charge in [0.05, 0.1) is 10.7 Å². The number of hydrogen-bond acceptors (Lipinski definition) is 2. The Balaban J connectivity index is 2.05. The van der Waals surface area contributed by atoms with Gasteiger partial charge < -0.3 is 4.74 Å². The zero-order valence-corrected chi connectivity index (χ0v) is 10.2. The van der Waals surface area contributed by atoms with E-state index in [1.165, 1.54) is 12.1 Å². The first kappa shape index (κ1) is 12.1. The van der Waals surface area contributed by atoms with Crippen LogP contribution in [0.15, 0.2) is 36.5 Å². The summed E-state index contributed by atoms with van der Waals surface area (Å²) >= 11 is 11.4. The molecule has 0 aliphatic rings. The van der Waals surface area contributed by atoms with Gasteiger partial charge in [0, 0.05) is 17.3 Å². The highest BCUT2D eigenvalue weighted by molar-refractivity contribution is 6.30. The monoisotopic (exact) mass is 271 g/mol. The SMILES string of the molecule is Fc1cc(OCc2cc(Cl)ccn2)ccc1Cl. The third-order valence-electron chi connectivity index (χ3n) is 2.06. The number of hydrogen-bond donors (Lipinski definition) is 0. The third-order valence-corrected chi connectivity index (χ3v) is 2.60. The van der Waals surface area contributed by atoms with Crippen LogP contribution in [0, 0.1) is 5.82 Å². The summed E-state index contributed by atoms with van der Waals surface area (Å²) in [5.74, 6) is -0.114. The van der Waals surface area contributed by atoms with Gasteiger partial charge in [-0.2, -0.15) is 0 Å². The lowest BCUT2D eigenvalue weighted by Gasteiger charge is -2.06. The summed E-state index contributed by atoms with van der Waals surface area (Å²) in [6.07, 6.45) is 1.59. The van der Waals surface area contributed by atoms with Crippen molar-refractivity contribution in [3.63, 3.8) is 0 Å². The van der Waals surface area contributed by atoms with E-state index in [0.29, 0.717) is 16.5 Å². The number of halogens is 3. The summed E-state index contributed by atoms with van der Waals surface area (Å²) in [5, 5.41) is 0.652. The lowest BCUT2D eigenvalue weighted by molar-refractivity contribution is 0.300. The molecule has 1 heterocycles. The van der Waals surface area contributed by atoms with Crippen LogP contribution in [0.2, 0.25) is 10.0 Å². The van der Waals surface area contributed by atoms with Gasteiger partial charge in [-0.15, -0.1) is 0 Å². The predicted molar refractivity (Wildman–Crippen MR) is 65.0 cm³/mol. The van der Waals surface area contributed by atoms with Gasteiger partial charge in [-0.3, -0.25) is 4.98 Å². The maximum absolute atomic E-state index is 13.1. The molecule has 5 heteroatoms. The van der Waals surface area contributed by atoms with Gasteiger partial charge >= 0.3 is 0 Å². The van der Waals surface area contributed by atoms with Crippen LogP contribution in [-0.4, -0.2) is 4.98 Å². The minimum atomic E-state index is -0.511. The highest BCUT2D eigenvalue weighted by Gasteiger charge is 2.03. The van der Waals surface area contributed by atoms with Crippen LogP contribution in [0.4, 0.5) is 4.39 Å². The Morgan fingerprint density at radius 1 is 1.18 bits per heavy atom. The molecule has 0 amide bonds. The van der Waals surface area contributed by atoms with Crippen LogP contribution in [0.5, 0.6) is 5.75 Å². The fourth-order valence-corrected chi connectivity index (χ4v) is 1.55. The van der Waals surface area contributed by atoms with Gasteiger partial charge in [0.25, 0.3) is 0 Å². The Morgan fingerprint density at radius 3 is 2.71 bits per heavy atom. The second kappa shape index (κ2) is 5.34. The average molecular weight is 272 g/mol. The molecule has 0 unspecified atom stereocenters. The van der Waals surface area contributed by atoms with Crippen LogP contribution < -0.4 is 4.74 Å². The minimum Gasteiger partial charge on any atom is -0.487 e. The Bertz CT molecular complexity index is 534. The van der Waals surface area contributed by atoms with E-state index < -0.39 is 5.82 Å². The van der Waals surface area contributed by atoms with E-state index in [0.717, 1.165) is 0 Å². The molecule has 2 rings (SSSR count). The quantitative estimate of drug-likeness (QED) is 0.838. The zero-order chi connectivity index (χ0) is 12.3. The predicted octanol–water partition coefficient (Wildman–Crippen LogP) is 4.11. The molecule has 0 aliphatic heterocycles. The van der Waals surface area contributed by atoms with E-state index in [4.69, 9.17) is 27.9 Å². The van der Waals surface area contributed by atoms with Crippen molar-refractivity contribution in [3.8, 4) is 5.75 Å². The van der Waals surface area contributed by atoms with Crippen molar-refractivity contribution in [2.75, 3.05) is 0 Å². The third kappa shape index (κ3) is 3.32. The van der Waals surface area contributed by atoms with Crippen molar-refractivity contribution < 1.29 is 9.13 Å². The van der Waals surface area contributed by atoms with Gasteiger partial charge in [-0.1, -0.05) is 23.2 Å². The van der Waals surface area contributed by atoms with Crippen molar-refractivity contribution >= 4 is 23.2 Å². The average Bonchev–Trinajstić information content (AvgIpc) is 2.31. The van der Waals surface area contributed by atoms with E-state index in [-0.39, 0.29) is 11.6 Å². The molecule has 88 valence electrons. The molecule has 2 aromatic rings. The Kier molecular flexibility index (Phi) is 3.82. The van der Waals surface area contributed by atoms with Crippen molar-refractivity contribution in [3.05, 3.63) is 58.1 Å². The van der Waals surface area contributed by atoms with Crippen molar-refractivity contribution in [1.29, 1.82) is 0 Å². The summed E-state index contributed by atoms with van der Waals surface area (Å²) in [7, 11) is 0. The summed E-state index contributed by atoms with van der Waals surface area (Å²) in [4.78, 5) is 4.07. The van der Waals surface area contributed by atoms with Gasteiger partial charge in [0.15, 0.2) is 0 Å². The molecule has 1 aromatic heterocycles. The van der Waals surface area contributed by atoms with Gasteiger partial charge in [-0.25, -0.2) is 4.39 Å². The molecule has 0 bridgehead atoms. The van der Waals surface area contributed by atoms with Crippen LogP contribution in [-0.2, 0) is 6.61 Å². The lowest BCUT2D eigenvalue weighted by atomic mass is 10.3. The molecular formula is C12H8Cl2FNO. The van der Waals surface area contributed by atoms with E-state index in [1.54, 1.807) is 24.4 Å². The number of aromatic nitrogens is 1. The normalized spacial score (nSPS) is 10.3. The summed E-state index contributed by atoms with van der Waals surface area (Å²) < 4.78 is 18.5. The van der Waals surface area contributed by atoms with E-state index in [9.17, 15) is 4.39 Å². The molecule has 0 fully saturated rings. The molecule has 0 aliphatic carbocycles. The molecule has 0 spiro atoms. The first-order valence-corrected chi connectivity index (χ1v) is 5.59. The van der Waals surface area contributed by atoms with Gasteiger partial charge in [0.1, 0.15) is 18.2 Å². The summed E-state index contributed by atoms with van der Waals surface area (Å²) in [5.41, 5.74) is 0.674.